The first kappa shape index (κ1) is 31.9. The summed E-state index contributed by atoms with van der Waals surface area (Å²) in [5.74, 6) is 2.79. The first-order valence-electron chi connectivity index (χ1n) is 17.4. The minimum Gasteiger partial charge on any atom is -0.506 e. The summed E-state index contributed by atoms with van der Waals surface area (Å²) in [5.41, 5.74) is 4.63. The van der Waals surface area contributed by atoms with E-state index in [1.165, 1.54) is 32.1 Å². The number of hydrogen-bond donors (Lipinski definition) is 3. The molecule has 0 radical (unpaired) electrons. The number of nitrogens with one attached hydrogen (secondary N) is 2. The second kappa shape index (κ2) is 13.4. The van der Waals surface area contributed by atoms with Gasteiger partial charge in [0.05, 0.1) is 11.1 Å². The quantitative estimate of drug-likeness (QED) is 0.116. The summed E-state index contributed by atoms with van der Waals surface area (Å²) >= 11 is 0. The molecule has 2 aliphatic rings. The Hall–Kier alpha value is -4.05. The van der Waals surface area contributed by atoms with Crippen LogP contribution in [0.25, 0.3) is 0 Å². The van der Waals surface area contributed by atoms with Crippen LogP contribution in [0.3, 0.4) is 0 Å². The molecule has 4 unspecified atom stereocenters. The van der Waals surface area contributed by atoms with Crippen molar-refractivity contribution in [2.24, 2.45) is 29.1 Å². The monoisotopic (exact) mass is 614 g/mol. The number of amides is 1. The van der Waals surface area contributed by atoms with Gasteiger partial charge in [-0.05, 0) is 89.5 Å². The maximum Gasteiger partial charge on any atom is 0.230 e. The first-order chi connectivity index (χ1) is 22.3. The number of benzene rings is 4. The van der Waals surface area contributed by atoms with Crippen LogP contribution in [0.1, 0.15) is 88.0 Å². The Morgan fingerprint density at radius 1 is 0.761 bits per heavy atom. The summed E-state index contributed by atoms with van der Waals surface area (Å²) in [7, 11) is 1.94. The standard InChI is InChI=1S/C42H50N2O2/c1-5-14-36-29-24-30(37(36)15-6-2)28-41(3,27-29)40(46)44-38-26-34(22-23-39(38)45)42(31-16-9-7-10-17-31,32-18-11-8-12-19-32)33-20-13-21-35(25-33)43-4/h7-13,16-23,25-26,29-30,36-37,43,45H,5-6,14-15,24,27-28H2,1-4H3,(H,44,46). The summed E-state index contributed by atoms with van der Waals surface area (Å²) in [6.45, 7) is 6.76. The van der Waals surface area contributed by atoms with Crippen LogP contribution in [-0.2, 0) is 10.2 Å². The van der Waals surface area contributed by atoms with Crippen molar-refractivity contribution in [1.82, 2.24) is 0 Å². The molecule has 4 heteroatoms. The van der Waals surface area contributed by atoms with Gasteiger partial charge in [0.15, 0.2) is 0 Å². The lowest BCUT2D eigenvalue weighted by atomic mass is 9.65. The van der Waals surface area contributed by atoms with E-state index in [4.69, 9.17) is 0 Å². The molecule has 0 heterocycles. The molecule has 1 amide bonds. The molecule has 4 atom stereocenters. The van der Waals surface area contributed by atoms with Crippen LogP contribution in [0.4, 0.5) is 11.4 Å². The highest BCUT2D eigenvalue weighted by Crippen LogP contribution is 2.58. The van der Waals surface area contributed by atoms with E-state index in [0.717, 1.165) is 52.6 Å². The minimum absolute atomic E-state index is 0.0317. The molecule has 46 heavy (non-hydrogen) atoms. The summed E-state index contributed by atoms with van der Waals surface area (Å²) in [6.07, 6.45) is 8.06. The van der Waals surface area contributed by atoms with Crippen molar-refractivity contribution in [1.29, 1.82) is 0 Å². The van der Waals surface area contributed by atoms with Gasteiger partial charge in [0.1, 0.15) is 5.75 Å². The van der Waals surface area contributed by atoms with E-state index in [1.54, 1.807) is 6.07 Å². The molecule has 2 aliphatic carbocycles. The lowest BCUT2D eigenvalue weighted by Gasteiger charge is -2.38. The van der Waals surface area contributed by atoms with E-state index in [-0.39, 0.29) is 11.7 Å². The highest BCUT2D eigenvalue weighted by Gasteiger charge is 2.53. The number of carbonyl (C=O) groups is 1. The molecule has 4 aromatic rings. The number of carbonyl (C=O) groups excluding carboxylic acids is 1. The van der Waals surface area contributed by atoms with Crippen molar-refractivity contribution in [2.75, 3.05) is 17.7 Å². The number of aromatic hydroxyl groups is 1. The fourth-order valence-electron chi connectivity index (χ4n) is 9.33. The van der Waals surface area contributed by atoms with Crippen LogP contribution in [0.2, 0.25) is 0 Å². The highest BCUT2D eigenvalue weighted by atomic mass is 16.3. The van der Waals surface area contributed by atoms with E-state index in [1.807, 2.05) is 31.3 Å². The van der Waals surface area contributed by atoms with Crippen LogP contribution in [0, 0.1) is 29.1 Å². The van der Waals surface area contributed by atoms with Gasteiger partial charge in [0.2, 0.25) is 5.91 Å². The average Bonchev–Trinajstić information content (AvgIpc) is 3.32. The van der Waals surface area contributed by atoms with Gasteiger partial charge in [0, 0.05) is 18.2 Å². The molecular weight excluding hydrogens is 564 g/mol. The van der Waals surface area contributed by atoms with Crippen LogP contribution in [0.15, 0.2) is 103 Å². The number of rotatable bonds is 11. The molecular formula is C42H50N2O2. The third-order valence-corrected chi connectivity index (χ3v) is 11.3. The van der Waals surface area contributed by atoms with Crippen molar-refractivity contribution in [3.63, 3.8) is 0 Å². The normalized spacial score (nSPS) is 24.0. The van der Waals surface area contributed by atoms with Crippen molar-refractivity contribution < 1.29 is 9.90 Å². The Balaban J connectivity index is 1.43. The Morgan fingerprint density at radius 3 is 1.85 bits per heavy atom. The van der Waals surface area contributed by atoms with Gasteiger partial charge in [-0.2, -0.15) is 0 Å². The number of anilines is 2. The molecule has 3 N–H and O–H groups in total. The van der Waals surface area contributed by atoms with Gasteiger partial charge in [-0.25, -0.2) is 0 Å². The van der Waals surface area contributed by atoms with E-state index in [0.29, 0.717) is 17.5 Å². The lowest BCUT2D eigenvalue weighted by molar-refractivity contribution is -0.127. The molecule has 0 aromatic heterocycles. The van der Waals surface area contributed by atoms with Crippen molar-refractivity contribution in [3.05, 3.63) is 125 Å². The predicted molar refractivity (Wildman–Crippen MR) is 190 cm³/mol. The third-order valence-electron chi connectivity index (χ3n) is 11.3. The molecule has 0 spiro atoms. The third kappa shape index (κ3) is 5.72. The maximum atomic E-state index is 14.3. The smallest absolute Gasteiger partial charge is 0.230 e. The zero-order valence-electron chi connectivity index (χ0n) is 27.9. The molecule has 2 saturated carbocycles. The van der Waals surface area contributed by atoms with Gasteiger partial charge >= 0.3 is 0 Å². The molecule has 6 rings (SSSR count). The van der Waals surface area contributed by atoms with Gasteiger partial charge < -0.3 is 15.7 Å². The van der Waals surface area contributed by atoms with Crippen LogP contribution in [0.5, 0.6) is 5.75 Å². The fourth-order valence-corrected chi connectivity index (χ4v) is 9.33. The van der Waals surface area contributed by atoms with Crippen LogP contribution >= 0.6 is 0 Å². The molecule has 240 valence electrons. The number of hydrogen-bond acceptors (Lipinski definition) is 3. The molecule has 0 aliphatic heterocycles. The second-order valence-electron chi connectivity index (χ2n) is 14.1. The molecule has 4 aromatic carbocycles. The number of phenols is 1. The largest absolute Gasteiger partial charge is 0.506 e. The highest BCUT2D eigenvalue weighted by molar-refractivity contribution is 5.96. The molecule has 4 nitrogen and oxygen atoms in total. The van der Waals surface area contributed by atoms with Gasteiger partial charge in [-0.3, -0.25) is 4.79 Å². The SMILES string of the molecule is CCCC1C2CC(CC(C)(C(=O)Nc3cc(C(c4ccccc4)(c4ccccc4)c4cccc(NC)c4)ccc3O)C2)C1CCC. The number of phenolic OH excluding ortho intramolecular Hbond substituents is 1. The summed E-state index contributed by atoms with van der Waals surface area (Å²) < 4.78 is 0. The summed E-state index contributed by atoms with van der Waals surface area (Å²) in [6, 6.07) is 35.3. The van der Waals surface area contributed by atoms with Gasteiger partial charge in [-0.1, -0.05) is 125 Å². The zero-order valence-corrected chi connectivity index (χ0v) is 27.9. The zero-order chi connectivity index (χ0) is 32.3. The Morgan fingerprint density at radius 2 is 1.30 bits per heavy atom. The minimum atomic E-state index is -0.697. The molecule has 0 saturated heterocycles. The molecule has 2 fully saturated rings. The van der Waals surface area contributed by atoms with Crippen molar-refractivity contribution >= 4 is 17.3 Å². The topological polar surface area (TPSA) is 61.4 Å². The Kier molecular flexibility index (Phi) is 9.27. The first-order valence-corrected chi connectivity index (χ1v) is 17.4. The molecule has 2 bridgehead atoms. The second-order valence-corrected chi connectivity index (χ2v) is 14.1. The summed E-state index contributed by atoms with van der Waals surface area (Å²) in [4.78, 5) is 14.3. The van der Waals surface area contributed by atoms with Crippen molar-refractivity contribution in [3.8, 4) is 5.75 Å². The van der Waals surface area contributed by atoms with Crippen LogP contribution < -0.4 is 10.6 Å². The summed E-state index contributed by atoms with van der Waals surface area (Å²) in [5, 5.41) is 17.8. The van der Waals surface area contributed by atoms with E-state index in [9.17, 15) is 9.90 Å². The van der Waals surface area contributed by atoms with E-state index >= 15 is 0 Å². The Labute approximate surface area is 275 Å². The number of fused-ring (bicyclic) bond motifs is 2. The van der Waals surface area contributed by atoms with Crippen LogP contribution in [-0.4, -0.2) is 18.1 Å². The van der Waals surface area contributed by atoms with E-state index < -0.39 is 10.8 Å². The van der Waals surface area contributed by atoms with Gasteiger partial charge in [0.25, 0.3) is 0 Å². The maximum absolute atomic E-state index is 14.3. The Bertz CT molecular complexity index is 1570. The predicted octanol–water partition coefficient (Wildman–Crippen LogP) is 10.0. The van der Waals surface area contributed by atoms with Crippen molar-refractivity contribution in [2.45, 2.75) is 71.1 Å². The van der Waals surface area contributed by atoms with Gasteiger partial charge in [-0.15, -0.1) is 0 Å². The average molecular weight is 615 g/mol. The fraction of sp³-hybridized carbons (Fsp3) is 0.405. The lowest BCUT2D eigenvalue weighted by Crippen LogP contribution is -2.39. The van der Waals surface area contributed by atoms with E-state index in [2.05, 4.69) is 104 Å².